The quantitative estimate of drug-likeness (QED) is 0.128. The molecule has 0 saturated carbocycles. The first-order valence-corrected chi connectivity index (χ1v) is 15.4. The lowest BCUT2D eigenvalue weighted by atomic mass is 9.86. The van der Waals surface area contributed by atoms with E-state index in [0.717, 1.165) is 55.9 Å². The van der Waals surface area contributed by atoms with Crippen molar-refractivity contribution in [1.29, 1.82) is 0 Å². The maximum absolute atomic E-state index is 13.4. The van der Waals surface area contributed by atoms with Gasteiger partial charge in [-0.2, -0.15) is 0 Å². The highest BCUT2D eigenvalue weighted by atomic mass is 16.5. The number of esters is 2. The first-order valence-electron chi connectivity index (χ1n) is 15.4. The highest BCUT2D eigenvalue weighted by molar-refractivity contribution is 5.91. The molecule has 0 radical (unpaired) electrons. The van der Waals surface area contributed by atoms with Crippen molar-refractivity contribution in [3.05, 3.63) is 152 Å². The fourth-order valence-corrected chi connectivity index (χ4v) is 6.01. The van der Waals surface area contributed by atoms with Gasteiger partial charge in [0.1, 0.15) is 24.6 Å². The molecule has 0 amide bonds. The minimum atomic E-state index is -0.421. The van der Waals surface area contributed by atoms with Gasteiger partial charge in [-0.15, -0.1) is 0 Å². The number of nitrogens with one attached hydrogen (secondary N) is 2. The molecule has 3 aromatic carbocycles. The molecule has 2 heterocycles. The van der Waals surface area contributed by atoms with E-state index in [9.17, 15) is 14.7 Å². The molecule has 5 aromatic rings. The van der Waals surface area contributed by atoms with E-state index in [-0.39, 0.29) is 25.7 Å². The maximum atomic E-state index is 13.4. The normalized spacial score (nSPS) is 11.2. The molecule has 0 bridgehead atoms. The molecule has 45 heavy (non-hydrogen) atoms. The highest BCUT2D eigenvalue weighted by Crippen LogP contribution is 2.39. The van der Waals surface area contributed by atoms with E-state index in [0.29, 0.717) is 24.2 Å². The number of carbonyl (C=O) groups is 2. The van der Waals surface area contributed by atoms with Crippen LogP contribution in [0.4, 0.5) is 0 Å². The number of aromatic amines is 2. The van der Waals surface area contributed by atoms with Crippen LogP contribution in [0.25, 0.3) is 0 Å². The summed E-state index contributed by atoms with van der Waals surface area (Å²) in [6.07, 6.45) is 1.37. The molecule has 3 N–H and O–H groups in total. The second kappa shape index (κ2) is 14.3. The Bertz CT molecular complexity index is 1640. The Morgan fingerprint density at radius 3 is 1.44 bits per heavy atom. The Morgan fingerprint density at radius 2 is 1.07 bits per heavy atom. The Kier molecular flexibility index (Phi) is 10.0. The molecule has 0 atom stereocenters. The van der Waals surface area contributed by atoms with Crippen LogP contribution in [0.1, 0.15) is 96.6 Å². The van der Waals surface area contributed by atoms with Crippen LogP contribution in [0.5, 0.6) is 0 Å². The van der Waals surface area contributed by atoms with E-state index in [1.54, 1.807) is 0 Å². The molecular formula is C38H40N2O5. The number of aliphatic hydroxyl groups excluding tert-OH is 1. The molecule has 0 saturated heterocycles. The van der Waals surface area contributed by atoms with Crippen molar-refractivity contribution < 1.29 is 24.2 Å². The Balaban J connectivity index is 1.57. The summed E-state index contributed by atoms with van der Waals surface area (Å²) < 4.78 is 11.5. The van der Waals surface area contributed by atoms with Crippen LogP contribution in [0.3, 0.4) is 0 Å². The largest absolute Gasteiger partial charge is 0.456 e. The van der Waals surface area contributed by atoms with Gasteiger partial charge in [0.2, 0.25) is 0 Å². The lowest BCUT2D eigenvalue weighted by Gasteiger charge is -2.20. The molecule has 0 fully saturated rings. The molecule has 0 unspecified atom stereocenters. The minimum Gasteiger partial charge on any atom is -0.456 e. The Labute approximate surface area is 264 Å². The number of hydrogen-bond acceptors (Lipinski definition) is 5. The third-order valence-electron chi connectivity index (χ3n) is 8.44. The van der Waals surface area contributed by atoms with Crippen LogP contribution in [0, 0.1) is 13.8 Å². The lowest BCUT2D eigenvalue weighted by Crippen LogP contribution is -2.11. The summed E-state index contributed by atoms with van der Waals surface area (Å²) in [5.41, 5.74) is 9.83. The third-order valence-corrected chi connectivity index (χ3v) is 8.44. The number of benzene rings is 3. The molecule has 0 aliphatic carbocycles. The smallest absolute Gasteiger partial charge is 0.355 e. The summed E-state index contributed by atoms with van der Waals surface area (Å²) in [6.45, 7) is 8.29. The van der Waals surface area contributed by atoms with Gasteiger partial charge in [0.05, 0.1) is 12.5 Å². The van der Waals surface area contributed by atoms with Crippen LogP contribution in [0.2, 0.25) is 0 Å². The van der Waals surface area contributed by atoms with Crippen molar-refractivity contribution in [2.45, 2.75) is 66.3 Å². The second-order valence-electron chi connectivity index (χ2n) is 11.2. The zero-order chi connectivity index (χ0) is 31.9. The molecule has 0 aliphatic heterocycles. The molecular weight excluding hydrogens is 564 g/mol. The van der Waals surface area contributed by atoms with E-state index in [1.807, 2.05) is 98.8 Å². The van der Waals surface area contributed by atoms with Crippen molar-refractivity contribution in [1.82, 2.24) is 9.97 Å². The number of H-pyrrole nitrogens is 2. The van der Waals surface area contributed by atoms with Crippen LogP contribution < -0.4 is 0 Å². The first kappa shape index (κ1) is 31.5. The summed E-state index contributed by atoms with van der Waals surface area (Å²) in [7, 11) is 0. The average Bonchev–Trinajstić information content (AvgIpc) is 3.59. The number of aromatic nitrogens is 2. The van der Waals surface area contributed by atoms with Crippen molar-refractivity contribution in [3.8, 4) is 0 Å². The molecule has 232 valence electrons. The minimum absolute atomic E-state index is 0.0661. The lowest BCUT2D eigenvalue weighted by molar-refractivity contribution is 0.0457. The summed E-state index contributed by atoms with van der Waals surface area (Å²) in [5.74, 6) is -1.20. The SMILES string of the molecule is CCc1c(C(c2ccc(CO)cc2)c2[nH]c(C(=O)OCc3ccccc3)c(C)c2CC)[nH]c(C(=O)OCc2ccccc2)c1C. The van der Waals surface area contributed by atoms with E-state index in [2.05, 4.69) is 23.8 Å². The van der Waals surface area contributed by atoms with E-state index in [1.165, 1.54) is 0 Å². The van der Waals surface area contributed by atoms with Crippen LogP contribution in [0.15, 0.2) is 84.9 Å². The summed E-state index contributed by atoms with van der Waals surface area (Å²) in [5, 5.41) is 9.72. The summed E-state index contributed by atoms with van der Waals surface area (Å²) in [6, 6.07) is 27.0. The first-order chi connectivity index (χ1) is 21.9. The van der Waals surface area contributed by atoms with Crippen LogP contribution in [-0.4, -0.2) is 27.0 Å². The number of rotatable bonds is 12. The zero-order valence-corrected chi connectivity index (χ0v) is 26.3. The topological polar surface area (TPSA) is 104 Å². The molecule has 5 rings (SSSR count). The van der Waals surface area contributed by atoms with E-state index < -0.39 is 11.9 Å². The van der Waals surface area contributed by atoms with Gasteiger partial charge in [0, 0.05) is 11.4 Å². The van der Waals surface area contributed by atoms with Gasteiger partial charge >= 0.3 is 11.9 Å². The number of carbonyl (C=O) groups excluding carboxylic acids is 2. The van der Waals surface area contributed by atoms with Crippen molar-refractivity contribution in [2.24, 2.45) is 0 Å². The highest BCUT2D eigenvalue weighted by Gasteiger charge is 2.31. The van der Waals surface area contributed by atoms with Crippen LogP contribution in [-0.2, 0) is 42.1 Å². The molecule has 0 aliphatic rings. The standard InChI is InChI=1S/C38H40N2O5/c1-5-30-24(3)33(37(42)44-22-27-13-9-7-10-14-27)39-35(30)32(29-19-17-26(21-41)18-20-29)36-31(6-2)25(4)34(40-36)38(43)45-23-28-15-11-8-12-16-28/h7-20,32,39-41H,5-6,21-23H2,1-4H3. The van der Waals surface area contributed by atoms with Crippen molar-refractivity contribution in [2.75, 3.05) is 0 Å². The molecule has 2 aromatic heterocycles. The van der Waals surface area contributed by atoms with Crippen molar-refractivity contribution in [3.63, 3.8) is 0 Å². The van der Waals surface area contributed by atoms with Gasteiger partial charge in [-0.25, -0.2) is 9.59 Å². The zero-order valence-electron chi connectivity index (χ0n) is 26.3. The van der Waals surface area contributed by atoms with Gasteiger partial charge in [-0.3, -0.25) is 0 Å². The summed E-state index contributed by atoms with van der Waals surface area (Å²) >= 11 is 0. The number of aliphatic hydroxyl groups is 1. The number of hydrogen-bond donors (Lipinski definition) is 3. The monoisotopic (exact) mass is 604 g/mol. The number of ether oxygens (including phenoxy) is 2. The predicted octanol–water partition coefficient (Wildman–Crippen LogP) is 7.47. The van der Waals surface area contributed by atoms with Crippen molar-refractivity contribution >= 4 is 11.9 Å². The predicted molar refractivity (Wildman–Crippen MR) is 174 cm³/mol. The molecule has 0 spiro atoms. The molecule has 7 nitrogen and oxygen atoms in total. The van der Waals surface area contributed by atoms with Gasteiger partial charge < -0.3 is 24.5 Å². The fourth-order valence-electron chi connectivity index (χ4n) is 6.01. The van der Waals surface area contributed by atoms with E-state index >= 15 is 0 Å². The van der Waals surface area contributed by atoms with Crippen LogP contribution >= 0.6 is 0 Å². The van der Waals surface area contributed by atoms with E-state index in [4.69, 9.17) is 9.47 Å². The average molecular weight is 605 g/mol. The second-order valence-corrected chi connectivity index (χ2v) is 11.2. The van der Waals surface area contributed by atoms with Gasteiger partial charge in [-0.05, 0) is 71.2 Å². The van der Waals surface area contributed by atoms with Gasteiger partial charge in [-0.1, -0.05) is 98.8 Å². The fraction of sp³-hybridized carbons (Fsp3) is 0.263. The molecule has 7 heteroatoms. The third kappa shape index (κ3) is 6.79. The summed E-state index contributed by atoms with van der Waals surface area (Å²) in [4.78, 5) is 33.7. The Hall–Kier alpha value is -4.88. The Morgan fingerprint density at radius 1 is 0.644 bits per heavy atom. The maximum Gasteiger partial charge on any atom is 0.355 e. The van der Waals surface area contributed by atoms with Gasteiger partial charge in [0.25, 0.3) is 0 Å². The van der Waals surface area contributed by atoms with Gasteiger partial charge in [0.15, 0.2) is 0 Å².